The third-order valence-corrected chi connectivity index (χ3v) is 3.44. The van der Waals surface area contributed by atoms with E-state index in [0.29, 0.717) is 12.0 Å². The van der Waals surface area contributed by atoms with E-state index in [9.17, 15) is 0 Å². The van der Waals surface area contributed by atoms with Crippen LogP contribution in [0.5, 0.6) is 5.75 Å². The first-order valence-corrected chi connectivity index (χ1v) is 6.14. The van der Waals surface area contributed by atoms with Gasteiger partial charge in [-0.1, -0.05) is 6.07 Å². The molecule has 1 aliphatic rings. The highest BCUT2D eigenvalue weighted by molar-refractivity contribution is 5.60. The lowest BCUT2D eigenvalue weighted by Crippen LogP contribution is -2.01. The largest absolute Gasteiger partial charge is 0.497 e. The average molecular weight is 240 g/mol. The number of rotatable bonds is 3. The summed E-state index contributed by atoms with van der Waals surface area (Å²) in [5.41, 5.74) is 9.17. The number of hydrogen-bond donors (Lipinski definition) is 1. The zero-order chi connectivity index (χ0) is 12.5. The molecule has 1 saturated carbocycles. The van der Waals surface area contributed by atoms with Gasteiger partial charge in [-0.05, 0) is 42.3 Å². The van der Waals surface area contributed by atoms with E-state index in [1.54, 1.807) is 7.11 Å². The average Bonchev–Trinajstić information content (AvgIpc) is 3.16. The number of benzene rings is 1. The lowest BCUT2D eigenvalue weighted by atomic mass is 10.1. The van der Waals surface area contributed by atoms with Crippen molar-refractivity contribution >= 4 is 0 Å². The molecule has 18 heavy (non-hydrogen) atoms. The van der Waals surface area contributed by atoms with E-state index in [2.05, 4.69) is 17.1 Å². The van der Waals surface area contributed by atoms with Crippen molar-refractivity contribution in [1.82, 2.24) is 4.98 Å². The van der Waals surface area contributed by atoms with E-state index in [1.165, 1.54) is 5.56 Å². The van der Waals surface area contributed by atoms with Crippen LogP contribution in [0.15, 0.2) is 42.6 Å². The fourth-order valence-electron chi connectivity index (χ4n) is 2.16. The zero-order valence-corrected chi connectivity index (χ0v) is 10.3. The van der Waals surface area contributed by atoms with Crippen molar-refractivity contribution in [2.45, 2.75) is 18.4 Å². The summed E-state index contributed by atoms with van der Waals surface area (Å²) in [4.78, 5) is 4.50. The van der Waals surface area contributed by atoms with Crippen LogP contribution in [0.3, 0.4) is 0 Å². The molecule has 0 aliphatic heterocycles. The van der Waals surface area contributed by atoms with Crippen LogP contribution in [0.1, 0.15) is 17.9 Å². The van der Waals surface area contributed by atoms with Gasteiger partial charge in [-0.25, -0.2) is 0 Å². The van der Waals surface area contributed by atoms with Crippen molar-refractivity contribution in [2.75, 3.05) is 7.11 Å². The third kappa shape index (κ3) is 2.09. The van der Waals surface area contributed by atoms with E-state index in [-0.39, 0.29) is 0 Å². The van der Waals surface area contributed by atoms with E-state index < -0.39 is 0 Å². The van der Waals surface area contributed by atoms with Crippen LogP contribution < -0.4 is 10.5 Å². The summed E-state index contributed by atoms with van der Waals surface area (Å²) in [6.45, 7) is 0. The number of nitrogens with two attached hydrogens (primary N) is 1. The minimum atomic E-state index is 0.332. The highest BCUT2D eigenvalue weighted by Crippen LogP contribution is 2.38. The fraction of sp³-hybridized carbons (Fsp3) is 0.267. The quantitative estimate of drug-likeness (QED) is 0.897. The fourth-order valence-corrected chi connectivity index (χ4v) is 2.16. The van der Waals surface area contributed by atoms with E-state index in [0.717, 1.165) is 23.4 Å². The summed E-state index contributed by atoms with van der Waals surface area (Å²) in [5.74, 6) is 1.38. The van der Waals surface area contributed by atoms with Gasteiger partial charge in [0.05, 0.1) is 12.8 Å². The second kappa shape index (κ2) is 4.42. The Labute approximate surface area is 107 Å². The van der Waals surface area contributed by atoms with E-state index >= 15 is 0 Å². The summed E-state index contributed by atoms with van der Waals surface area (Å²) in [6, 6.07) is 12.4. The van der Waals surface area contributed by atoms with Crippen molar-refractivity contribution in [3.8, 4) is 17.0 Å². The van der Waals surface area contributed by atoms with E-state index in [1.807, 2.05) is 30.5 Å². The second-order valence-electron chi connectivity index (χ2n) is 4.71. The summed E-state index contributed by atoms with van der Waals surface area (Å²) in [6.07, 6.45) is 3.03. The molecule has 1 aromatic carbocycles. The van der Waals surface area contributed by atoms with Crippen LogP contribution in [0.2, 0.25) is 0 Å². The smallest absolute Gasteiger partial charge is 0.118 e. The molecule has 0 unspecified atom stereocenters. The minimum absolute atomic E-state index is 0.332. The number of nitrogens with zero attached hydrogens (tertiary/aromatic N) is 1. The molecule has 0 spiro atoms. The lowest BCUT2D eigenvalue weighted by molar-refractivity contribution is 0.415. The van der Waals surface area contributed by atoms with Crippen LogP contribution in [0.4, 0.5) is 0 Å². The third-order valence-electron chi connectivity index (χ3n) is 3.44. The molecule has 2 aromatic rings. The van der Waals surface area contributed by atoms with Crippen molar-refractivity contribution in [3.05, 3.63) is 48.2 Å². The second-order valence-corrected chi connectivity index (χ2v) is 4.71. The number of hydrogen-bond acceptors (Lipinski definition) is 3. The van der Waals surface area contributed by atoms with Gasteiger partial charge < -0.3 is 10.5 Å². The zero-order valence-electron chi connectivity index (χ0n) is 10.3. The molecule has 0 amide bonds. The van der Waals surface area contributed by atoms with Gasteiger partial charge in [0.25, 0.3) is 0 Å². The molecule has 1 fully saturated rings. The lowest BCUT2D eigenvalue weighted by Gasteiger charge is -2.04. The molecule has 3 nitrogen and oxygen atoms in total. The minimum Gasteiger partial charge on any atom is -0.497 e. The van der Waals surface area contributed by atoms with Crippen LogP contribution in [0.25, 0.3) is 11.3 Å². The maximum Gasteiger partial charge on any atom is 0.118 e. The summed E-state index contributed by atoms with van der Waals surface area (Å²) < 4.78 is 5.14. The first kappa shape index (κ1) is 11.2. The number of pyridine rings is 1. The Balaban J connectivity index is 1.83. The van der Waals surface area contributed by atoms with Gasteiger partial charge in [-0.15, -0.1) is 0 Å². The first-order valence-electron chi connectivity index (χ1n) is 6.14. The molecule has 1 heterocycles. The highest BCUT2D eigenvalue weighted by atomic mass is 16.5. The Morgan fingerprint density at radius 2 is 1.89 bits per heavy atom. The molecule has 2 N–H and O–H groups in total. The van der Waals surface area contributed by atoms with Gasteiger partial charge in [0.2, 0.25) is 0 Å². The molecule has 1 aliphatic carbocycles. The Kier molecular flexibility index (Phi) is 2.76. The molecule has 2 atom stereocenters. The predicted octanol–water partition coefficient (Wildman–Crippen LogP) is 2.57. The maximum atomic E-state index is 5.84. The standard InChI is InChI=1S/C15H16N2O/c1-18-12-5-2-10(3-6-12)15-7-4-11(9-17-15)13-8-14(13)16/h2-7,9,13-14H,8,16H2,1H3/t13-,14+/m1/s1. The van der Waals surface area contributed by atoms with Gasteiger partial charge in [0, 0.05) is 23.7 Å². The SMILES string of the molecule is COc1ccc(-c2ccc([C@H]3C[C@@H]3N)cn2)cc1. The number of methoxy groups -OCH3 is 1. The molecule has 92 valence electrons. The Hall–Kier alpha value is -1.87. The molecule has 3 rings (SSSR count). The molecule has 3 heteroatoms. The summed E-state index contributed by atoms with van der Waals surface area (Å²) >= 11 is 0. The van der Waals surface area contributed by atoms with Gasteiger partial charge in [-0.2, -0.15) is 0 Å². The van der Waals surface area contributed by atoms with Gasteiger partial charge in [0.15, 0.2) is 0 Å². The van der Waals surface area contributed by atoms with Crippen LogP contribution in [0, 0.1) is 0 Å². The Morgan fingerprint density at radius 1 is 1.17 bits per heavy atom. The molecular formula is C15H16N2O. The van der Waals surface area contributed by atoms with Crippen LogP contribution in [-0.2, 0) is 0 Å². The molecule has 0 radical (unpaired) electrons. The molecule has 0 saturated heterocycles. The number of aromatic nitrogens is 1. The summed E-state index contributed by atoms with van der Waals surface area (Å²) in [5, 5.41) is 0. The molecule has 1 aromatic heterocycles. The van der Waals surface area contributed by atoms with Crippen LogP contribution in [-0.4, -0.2) is 18.1 Å². The first-order chi connectivity index (χ1) is 8.78. The van der Waals surface area contributed by atoms with Crippen molar-refractivity contribution in [1.29, 1.82) is 0 Å². The predicted molar refractivity (Wildman–Crippen MR) is 71.6 cm³/mol. The van der Waals surface area contributed by atoms with Gasteiger partial charge in [0.1, 0.15) is 5.75 Å². The topological polar surface area (TPSA) is 48.1 Å². The maximum absolute atomic E-state index is 5.84. The normalized spacial score (nSPS) is 21.7. The van der Waals surface area contributed by atoms with Gasteiger partial charge in [-0.3, -0.25) is 4.98 Å². The van der Waals surface area contributed by atoms with Gasteiger partial charge >= 0.3 is 0 Å². The molecule has 0 bridgehead atoms. The van der Waals surface area contributed by atoms with Crippen molar-refractivity contribution in [3.63, 3.8) is 0 Å². The molecular weight excluding hydrogens is 224 g/mol. The number of ether oxygens (including phenoxy) is 1. The van der Waals surface area contributed by atoms with Crippen molar-refractivity contribution in [2.24, 2.45) is 5.73 Å². The van der Waals surface area contributed by atoms with Crippen molar-refractivity contribution < 1.29 is 4.74 Å². The van der Waals surface area contributed by atoms with Crippen LogP contribution >= 0.6 is 0 Å². The monoisotopic (exact) mass is 240 g/mol. The Bertz CT molecular complexity index is 533. The summed E-state index contributed by atoms with van der Waals surface area (Å²) in [7, 11) is 1.67. The Morgan fingerprint density at radius 3 is 2.39 bits per heavy atom. The highest BCUT2D eigenvalue weighted by Gasteiger charge is 2.34. The van der Waals surface area contributed by atoms with E-state index in [4.69, 9.17) is 10.5 Å².